The molecule has 16 heavy (non-hydrogen) atoms. The Morgan fingerprint density at radius 2 is 1.81 bits per heavy atom. The van der Waals surface area contributed by atoms with Gasteiger partial charge in [0.05, 0.1) is 5.52 Å². The number of benzene rings is 1. The van der Waals surface area contributed by atoms with Gasteiger partial charge in [0.25, 0.3) is 0 Å². The van der Waals surface area contributed by atoms with E-state index in [0.29, 0.717) is 0 Å². The van der Waals surface area contributed by atoms with E-state index in [1.165, 1.54) is 0 Å². The lowest BCUT2D eigenvalue weighted by Crippen LogP contribution is -1.95. The van der Waals surface area contributed by atoms with E-state index in [1.807, 2.05) is 37.3 Å². The van der Waals surface area contributed by atoms with Gasteiger partial charge >= 0.3 is 0 Å². The predicted molar refractivity (Wildman–Crippen MR) is 63.6 cm³/mol. The van der Waals surface area contributed by atoms with Crippen molar-refractivity contribution in [2.45, 2.75) is 6.92 Å². The molecule has 2 aromatic heterocycles. The predicted octanol–water partition coefficient (Wildman–Crippen LogP) is 2.73. The summed E-state index contributed by atoms with van der Waals surface area (Å²) in [7, 11) is 0. The van der Waals surface area contributed by atoms with E-state index in [4.69, 9.17) is 0 Å². The zero-order chi connectivity index (χ0) is 11.0. The average Bonchev–Trinajstić information content (AvgIpc) is 2.66. The Labute approximate surface area is 93.4 Å². The van der Waals surface area contributed by atoms with E-state index in [2.05, 4.69) is 26.7 Å². The minimum atomic E-state index is 0.795. The van der Waals surface area contributed by atoms with Gasteiger partial charge in [-0.05, 0) is 31.2 Å². The van der Waals surface area contributed by atoms with Crippen LogP contribution in [0.15, 0.2) is 48.7 Å². The van der Waals surface area contributed by atoms with Crippen molar-refractivity contribution in [1.29, 1.82) is 0 Å². The van der Waals surface area contributed by atoms with Crippen molar-refractivity contribution >= 4 is 11.2 Å². The molecule has 3 rings (SSSR count). The number of aromatic nitrogens is 3. The highest BCUT2D eigenvalue weighted by Gasteiger charge is 2.08. The van der Waals surface area contributed by atoms with Crippen LogP contribution in [-0.4, -0.2) is 14.5 Å². The molecule has 0 bridgehead atoms. The summed E-state index contributed by atoms with van der Waals surface area (Å²) >= 11 is 0. The van der Waals surface area contributed by atoms with Gasteiger partial charge in [-0.1, -0.05) is 18.2 Å². The first kappa shape index (κ1) is 9.09. The topological polar surface area (TPSA) is 30.7 Å². The van der Waals surface area contributed by atoms with Crippen molar-refractivity contribution in [2.24, 2.45) is 0 Å². The summed E-state index contributed by atoms with van der Waals surface area (Å²) in [6, 6.07) is 14.2. The van der Waals surface area contributed by atoms with E-state index >= 15 is 0 Å². The van der Waals surface area contributed by atoms with Crippen LogP contribution >= 0.6 is 0 Å². The minimum Gasteiger partial charge on any atom is -0.295 e. The monoisotopic (exact) mass is 209 g/mol. The minimum absolute atomic E-state index is 0.795. The molecule has 1 aromatic carbocycles. The molecule has 0 atom stereocenters. The maximum atomic E-state index is 4.44. The van der Waals surface area contributed by atoms with Gasteiger partial charge in [0.15, 0.2) is 5.65 Å². The molecule has 0 spiro atoms. The van der Waals surface area contributed by atoms with Crippen molar-refractivity contribution in [2.75, 3.05) is 0 Å². The lowest BCUT2D eigenvalue weighted by atomic mass is 10.3. The summed E-state index contributed by atoms with van der Waals surface area (Å²) in [6.45, 7) is 1.99. The first-order chi connectivity index (χ1) is 7.86. The van der Waals surface area contributed by atoms with E-state index in [1.54, 1.807) is 6.20 Å². The van der Waals surface area contributed by atoms with Crippen LogP contribution in [-0.2, 0) is 0 Å². The fourth-order valence-corrected chi connectivity index (χ4v) is 1.93. The Kier molecular flexibility index (Phi) is 1.96. The largest absolute Gasteiger partial charge is 0.295 e. The summed E-state index contributed by atoms with van der Waals surface area (Å²) in [5.74, 6) is 0.958. The second kappa shape index (κ2) is 3.45. The fraction of sp³-hybridized carbons (Fsp3) is 0.0769. The van der Waals surface area contributed by atoms with Crippen LogP contribution in [0.2, 0.25) is 0 Å². The number of fused-ring (bicyclic) bond motifs is 1. The molecular formula is C13H11N3. The highest BCUT2D eigenvalue weighted by molar-refractivity contribution is 5.74. The molecule has 78 valence electrons. The Bertz CT molecular complexity index is 626. The zero-order valence-electron chi connectivity index (χ0n) is 8.96. The molecule has 0 saturated heterocycles. The first-order valence-corrected chi connectivity index (χ1v) is 5.22. The van der Waals surface area contributed by atoms with E-state index in [0.717, 1.165) is 22.7 Å². The van der Waals surface area contributed by atoms with Crippen LogP contribution in [0.5, 0.6) is 0 Å². The Hall–Kier alpha value is -2.16. The summed E-state index contributed by atoms with van der Waals surface area (Å²) in [4.78, 5) is 8.70. The third-order valence-corrected chi connectivity index (χ3v) is 2.61. The van der Waals surface area contributed by atoms with Gasteiger partial charge in [-0.25, -0.2) is 9.97 Å². The second-order valence-electron chi connectivity index (χ2n) is 3.68. The number of imidazole rings is 1. The van der Waals surface area contributed by atoms with Crippen molar-refractivity contribution in [3.63, 3.8) is 0 Å². The van der Waals surface area contributed by atoms with Crippen LogP contribution in [0.25, 0.3) is 16.9 Å². The maximum absolute atomic E-state index is 4.44. The third kappa shape index (κ3) is 1.29. The van der Waals surface area contributed by atoms with E-state index < -0.39 is 0 Å². The van der Waals surface area contributed by atoms with Gasteiger partial charge in [0.2, 0.25) is 0 Å². The molecule has 0 saturated carbocycles. The van der Waals surface area contributed by atoms with Gasteiger partial charge in [0, 0.05) is 11.9 Å². The van der Waals surface area contributed by atoms with Crippen LogP contribution in [0.4, 0.5) is 0 Å². The molecule has 0 aliphatic heterocycles. The molecule has 3 aromatic rings. The number of nitrogens with zero attached hydrogens (tertiary/aromatic N) is 3. The quantitative estimate of drug-likeness (QED) is 0.617. The molecule has 0 N–H and O–H groups in total. The van der Waals surface area contributed by atoms with Crippen LogP contribution in [0.1, 0.15) is 5.82 Å². The summed E-state index contributed by atoms with van der Waals surface area (Å²) in [6.07, 6.45) is 1.77. The van der Waals surface area contributed by atoms with Crippen molar-refractivity contribution in [3.05, 3.63) is 54.5 Å². The first-order valence-electron chi connectivity index (χ1n) is 5.22. The molecule has 3 heteroatoms. The van der Waals surface area contributed by atoms with Gasteiger partial charge in [-0.15, -0.1) is 0 Å². The normalized spacial score (nSPS) is 10.8. The number of para-hydroxylation sites is 1. The molecule has 0 aliphatic rings. The number of hydrogen-bond acceptors (Lipinski definition) is 2. The molecular weight excluding hydrogens is 198 g/mol. The lowest BCUT2D eigenvalue weighted by molar-refractivity contribution is 1.00. The summed E-state index contributed by atoms with van der Waals surface area (Å²) in [5, 5.41) is 0. The molecule has 0 fully saturated rings. The summed E-state index contributed by atoms with van der Waals surface area (Å²) in [5.41, 5.74) is 2.96. The SMILES string of the molecule is Cc1nc2ncccc2n1-c1ccccc1. The maximum Gasteiger partial charge on any atom is 0.178 e. The van der Waals surface area contributed by atoms with E-state index in [9.17, 15) is 0 Å². The highest BCUT2D eigenvalue weighted by Crippen LogP contribution is 2.18. The zero-order valence-corrected chi connectivity index (χ0v) is 8.96. The molecule has 0 unspecified atom stereocenters. The highest BCUT2D eigenvalue weighted by atomic mass is 15.1. The average molecular weight is 209 g/mol. The Balaban J connectivity index is 2.35. The third-order valence-electron chi connectivity index (χ3n) is 2.61. The van der Waals surface area contributed by atoms with Crippen molar-refractivity contribution < 1.29 is 0 Å². The smallest absolute Gasteiger partial charge is 0.178 e. The Morgan fingerprint density at radius 3 is 2.62 bits per heavy atom. The fourth-order valence-electron chi connectivity index (χ4n) is 1.93. The molecule has 3 nitrogen and oxygen atoms in total. The molecule has 2 heterocycles. The second-order valence-corrected chi connectivity index (χ2v) is 3.68. The van der Waals surface area contributed by atoms with Crippen LogP contribution in [0.3, 0.4) is 0 Å². The number of hydrogen-bond donors (Lipinski definition) is 0. The van der Waals surface area contributed by atoms with Crippen LogP contribution in [0, 0.1) is 6.92 Å². The number of aryl methyl sites for hydroxylation is 1. The molecule has 0 aliphatic carbocycles. The molecule has 0 amide bonds. The lowest BCUT2D eigenvalue weighted by Gasteiger charge is -2.05. The standard InChI is InChI=1S/C13H11N3/c1-10-15-13-12(8-5-9-14-13)16(10)11-6-3-2-4-7-11/h2-9H,1H3. The van der Waals surface area contributed by atoms with Crippen molar-refractivity contribution in [1.82, 2.24) is 14.5 Å². The molecule has 0 radical (unpaired) electrons. The van der Waals surface area contributed by atoms with Gasteiger partial charge in [0.1, 0.15) is 5.82 Å². The van der Waals surface area contributed by atoms with Crippen molar-refractivity contribution in [3.8, 4) is 5.69 Å². The Morgan fingerprint density at radius 1 is 1.00 bits per heavy atom. The van der Waals surface area contributed by atoms with E-state index in [-0.39, 0.29) is 0 Å². The number of pyridine rings is 1. The van der Waals surface area contributed by atoms with Crippen LogP contribution < -0.4 is 0 Å². The van der Waals surface area contributed by atoms with Gasteiger partial charge < -0.3 is 0 Å². The van der Waals surface area contributed by atoms with Gasteiger partial charge in [-0.3, -0.25) is 4.57 Å². The summed E-state index contributed by atoms with van der Waals surface area (Å²) < 4.78 is 2.11. The van der Waals surface area contributed by atoms with Gasteiger partial charge in [-0.2, -0.15) is 0 Å². The number of rotatable bonds is 1.